The zero-order chi connectivity index (χ0) is 14.3. The standard InChI is InChI=1S/C10H11ClF3NO2S2/c11-8-4-5-9(18-8)19(16,17)15-6-2-1-3-7(15)10(12,13)14/h4-5,7H,1-3,6H2. The van der Waals surface area contributed by atoms with E-state index in [1.165, 1.54) is 12.1 Å². The van der Waals surface area contributed by atoms with Crippen LogP contribution in [0.2, 0.25) is 4.34 Å². The first-order chi connectivity index (χ1) is 8.73. The van der Waals surface area contributed by atoms with Crippen LogP contribution < -0.4 is 0 Å². The molecule has 0 N–H and O–H groups in total. The van der Waals surface area contributed by atoms with E-state index in [2.05, 4.69) is 0 Å². The maximum atomic E-state index is 12.9. The van der Waals surface area contributed by atoms with Crippen molar-refractivity contribution in [2.75, 3.05) is 6.54 Å². The number of nitrogens with zero attached hydrogens (tertiary/aromatic N) is 1. The second-order valence-corrected chi connectivity index (χ2v) is 8.06. The summed E-state index contributed by atoms with van der Waals surface area (Å²) in [5.74, 6) is 0. The minimum absolute atomic E-state index is 0.109. The van der Waals surface area contributed by atoms with Crippen LogP contribution in [0.3, 0.4) is 0 Å². The van der Waals surface area contributed by atoms with E-state index < -0.39 is 22.2 Å². The van der Waals surface area contributed by atoms with Crippen LogP contribution in [0, 0.1) is 0 Å². The average molecular weight is 334 g/mol. The first kappa shape index (κ1) is 15.1. The largest absolute Gasteiger partial charge is 0.405 e. The summed E-state index contributed by atoms with van der Waals surface area (Å²) in [7, 11) is -4.13. The van der Waals surface area contributed by atoms with E-state index in [9.17, 15) is 21.6 Å². The predicted molar refractivity (Wildman–Crippen MR) is 66.9 cm³/mol. The molecule has 19 heavy (non-hydrogen) atoms. The molecule has 1 atom stereocenters. The van der Waals surface area contributed by atoms with Crippen molar-refractivity contribution in [3.05, 3.63) is 16.5 Å². The molecular formula is C10H11ClF3NO2S2. The number of halogens is 4. The molecule has 0 aliphatic carbocycles. The van der Waals surface area contributed by atoms with Gasteiger partial charge in [0.25, 0.3) is 10.0 Å². The van der Waals surface area contributed by atoms with Crippen molar-refractivity contribution in [2.24, 2.45) is 0 Å². The summed E-state index contributed by atoms with van der Waals surface area (Å²) in [4.78, 5) is 0. The second kappa shape index (κ2) is 5.23. The zero-order valence-electron chi connectivity index (χ0n) is 9.65. The molecule has 0 bridgehead atoms. The van der Waals surface area contributed by atoms with Gasteiger partial charge in [0.15, 0.2) is 0 Å². The van der Waals surface area contributed by atoms with Crippen molar-refractivity contribution in [2.45, 2.75) is 35.7 Å². The number of sulfonamides is 1. The fraction of sp³-hybridized carbons (Fsp3) is 0.600. The molecular weight excluding hydrogens is 323 g/mol. The Bertz CT molecular complexity index is 555. The van der Waals surface area contributed by atoms with Gasteiger partial charge in [-0.3, -0.25) is 0 Å². The molecule has 1 aromatic heterocycles. The monoisotopic (exact) mass is 333 g/mol. The van der Waals surface area contributed by atoms with Crippen molar-refractivity contribution < 1.29 is 21.6 Å². The highest BCUT2D eigenvalue weighted by Gasteiger charge is 2.49. The molecule has 1 aliphatic rings. The van der Waals surface area contributed by atoms with Gasteiger partial charge in [-0.25, -0.2) is 8.42 Å². The van der Waals surface area contributed by atoms with E-state index >= 15 is 0 Å². The summed E-state index contributed by atoms with van der Waals surface area (Å²) < 4.78 is 63.9. The summed E-state index contributed by atoms with van der Waals surface area (Å²) in [5.41, 5.74) is 0. The Morgan fingerprint density at radius 1 is 1.32 bits per heavy atom. The van der Waals surface area contributed by atoms with E-state index in [1.807, 2.05) is 0 Å². The molecule has 2 heterocycles. The second-order valence-electron chi connectivity index (χ2n) is 4.23. The smallest absolute Gasteiger partial charge is 0.206 e. The first-order valence-electron chi connectivity index (χ1n) is 5.57. The molecule has 0 amide bonds. The van der Waals surface area contributed by atoms with Crippen LogP contribution >= 0.6 is 22.9 Å². The van der Waals surface area contributed by atoms with Gasteiger partial charge in [-0.1, -0.05) is 18.0 Å². The quantitative estimate of drug-likeness (QED) is 0.830. The van der Waals surface area contributed by atoms with Crippen molar-refractivity contribution in [1.82, 2.24) is 4.31 Å². The Balaban J connectivity index is 2.37. The van der Waals surface area contributed by atoms with E-state index in [0.29, 0.717) is 17.1 Å². The number of piperidine rings is 1. The molecule has 9 heteroatoms. The van der Waals surface area contributed by atoms with Crippen molar-refractivity contribution in [3.63, 3.8) is 0 Å². The van der Waals surface area contributed by atoms with Gasteiger partial charge in [-0.05, 0) is 25.0 Å². The van der Waals surface area contributed by atoms with Gasteiger partial charge in [0.1, 0.15) is 10.3 Å². The predicted octanol–water partition coefficient (Wildman–Crippen LogP) is 3.51. The van der Waals surface area contributed by atoms with Crippen LogP contribution in [0.15, 0.2) is 16.3 Å². The first-order valence-corrected chi connectivity index (χ1v) is 8.20. The van der Waals surface area contributed by atoms with Gasteiger partial charge >= 0.3 is 6.18 Å². The molecule has 0 spiro atoms. The number of hydrogen-bond acceptors (Lipinski definition) is 3. The summed E-state index contributed by atoms with van der Waals surface area (Å²) in [6.07, 6.45) is -3.93. The summed E-state index contributed by atoms with van der Waals surface area (Å²) in [6.45, 7) is -0.109. The molecule has 1 saturated heterocycles. The summed E-state index contributed by atoms with van der Waals surface area (Å²) in [5, 5.41) is 0. The summed E-state index contributed by atoms with van der Waals surface area (Å²) >= 11 is 6.41. The Morgan fingerprint density at radius 3 is 2.53 bits per heavy atom. The van der Waals surface area contributed by atoms with Crippen LogP contribution in [-0.2, 0) is 10.0 Å². The highest BCUT2D eigenvalue weighted by Crippen LogP contribution is 2.37. The average Bonchev–Trinajstić information content (AvgIpc) is 2.75. The molecule has 0 aromatic carbocycles. The Hall–Kier alpha value is -0.310. The number of hydrogen-bond donors (Lipinski definition) is 0. The van der Waals surface area contributed by atoms with Gasteiger partial charge in [-0.2, -0.15) is 17.5 Å². The number of thiophene rings is 1. The van der Waals surface area contributed by atoms with Crippen LogP contribution in [0.4, 0.5) is 13.2 Å². The minimum atomic E-state index is -4.55. The van der Waals surface area contributed by atoms with Gasteiger partial charge in [-0.15, -0.1) is 11.3 Å². The molecule has 0 radical (unpaired) electrons. The molecule has 108 valence electrons. The van der Waals surface area contributed by atoms with Gasteiger partial charge in [0.2, 0.25) is 0 Å². The zero-order valence-corrected chi connectivity index (χ0v) is 12.0. The van der Waals surface area contributed by atoms with Crippen molar-refractivity contribution in [3.8, 4) is 0 Å². The van der Waals surface area contributed by atoms with Crippen molar-refractivity contribution in [1.29, 1.82) is 0 Å². The lowest BCUT2D eigenvalue weighted by Gasteiger charge is -2.35. The third kappa shape index (κ3) is 3.07. The SMILES string of the molecule is O=S(=O)(c1ccc(Cl)s1)N1CCCCC1C(F)(F)F. The Labute approximate surface area is 118 Å². The normalized spacial score (nSPS) is 22.6. The third-order valence-electron chi connectivity index (χ3n) is 2.94. The minimum Gasteiger partial charge on any atom is -0.206 e. The highest BCUT2D eigenvalue weighted by molar-refractivity contribution is 7.91. The fourth-order valence-electron chi connectivity index (χ4n) is 2.07. The molecule has 1 unspecified atom stereocenters. The van der Waals surface area contributed by atoms with Crippen LogP contribution in [-0.4, -0.2) is 31.5 Å². The highest BCUT2D eigenvalue weighted by atomic mass is 35.5. The molecule has 1 fully saturated rings. The van der Waals surface area contributed by atoms with Gasteiger partial charge in [0, 0.05) is 6.54 Å². The topological polar surface area (TPSA) is 37.4 Å². The lowest BCUT2D eigenvalue weighted by Crippen LogP contribution is -2.51. The summed E-state index contributed by atoms with van der Waals surface area (Å²) in [6, 6.07) is 0.669. The third-order valence-corrected chi connectivity index (χ3v) is 6.55. The van der Waals surface area contributed by atoms with Crippen LogP contribution in [0.5, 0.6) is 0 Å². The van der Waals surface area contributed by atoms with E-state index in [4.69, 9.17) is 11.6 Å². The van der Waals surface area contributed by atoms with Crippen LogP contribution in [0.1, 0.15) is 19.3 Å². The maximum absolute atomic E-state index is 12.9. The molecule has 3 nitrogen and oxygen atoms in total. The number of rotatable bonds is 2. The van der Waals surface area contributed by atoms with Crippen LogP contribution in [0.25, 0.3) is 0 Å². The molecule has 0 saturated carbocycles. The van der Waals surface area contributed by atoms with E-state index in [0.717, 1.165) is 11.3 Å². The van der Waals surface area contributed by atoms with Gasteiger partial charge < -0.3 is 0 Å². The van der Waals surface area contributed by atoms with E-state index in [1.54, 1.807) is 0 Å². The lowest BCUT2D eigenvalue weighted by atomic mass is 10.1. The lowest BCUT2D eigenvalue weighted by molar-refractivity contribution is -0.177. The number of alkyl halides is 3. The fourth-order valence-corrected chi connectivity index (χ4v) is 5.36. The Kier molecular flexibility index (Phi) is 4.15. The van der Waals surface area contributed by atoms with E-state index in [-0.39, 0.29) is 21.5 Å². The maximum Gasteiger partial charge on any atom is 0.405 e. The Morgan fingerprint density at radius 2 is 2.00 bits per heavy atom. The molecule has 1 aromatic rings. The molecule has 2 rings (SSSR count). The molecule has 1 aliphatic heterocycles. The van der Waals surface area contributed by atoms with Gasteiger partial charge in [0.05, 0.1) is 4.34 Å². The van der Waals surface area contributed by atoms with Crippen molar-refractivity contribution >= 4 is 33.0 Å².